The van der Waals surface area contributed by atoms with E-state index >= 15 is 0 Å². The van der Waals surface area contributed by atoms with E-state index in [1.165, 1.54) is 26.4 Å². The maximum atomic E-state index is 13.1. The van der Waals surface area contributed by atoms with E-state index < -0.39 is 12.0 Å². The van der Waals surface area contributed by atoms with E-state index in [1.807, 2.05) is 4.90 Å². The zero-order valence-electron chi connectivity index (χ0n) is 15.3. The van der Waals surface area contributed by atoms with Gasteiger partial charge in [-0.1, -0.05) is 0 Å². The Labute approximate surface area is 156 Å². The molecule has 0 saturated carbocycles. The molecular weight excluding hydrogens is 353 g/mol. The Bertz CT molecular complexity index is 792. The highest BCUT2D eigenvalue weighted by molar-refractivity contribution is 5.76. The largest absolute Gasteiger partial charge is 0.481 e. The van der Waals surface area contributed by atoms with Gasteiger partial charge in [0.2, 0.25) is 11.8 Å². The van der Waals surface area contributed by atoms with Crippen LogP contribution in [0.15, 0.2) is 36.4 Å². The summed E-state index contributed by atoms with van der Waals surface area (Å²) in [6.45, 7) is 2.37. The summed E-state index contributed by atoms with van der Waals surface area (Å²) in [4.78, 5) is 20.2. The summed E-state index contributed by atoms with van der Waals surface area (Å²) >= 11 is 0. The van der Waals surface area contributed by atoms with Gasteiger partial charge in [0.25, 0.3) is 0 Å². The zero-order chi connectivity index (χ0) is 19.4. The molecule has 1 aromatic heterocycles. The van der Waals surface area contributed by atoms with Crippen LogP contribution in [0.25, 0.3) is 0 Å². The van der Waals surface area contributed by atoms with Crippen molar-refractivity contribution < 1.29 is 23.8 Å². The number of halogens is 1. The molecule has 1 aromatic carbocycles. The third-order valence-electron chi connectivity index (χ3n) is 4.67. The monoisotopic (exact) mass is 375 g/mol. The standard InChI is InChI=1S/C19H22FN3O4/c1-26-16-8-7-15(18(21-16)27-2)17(19(24)25)23-11-9-22(10-12-23)14-5-3-13(20)4-6-14/h3-8,17H,9-12H2,1-2H3,(H,24,25)/t17-/m0/s1. The van der Waals surface area contributed by atoms with Gasteiger partial charge in [0.1, 0.15) is 11.9 Å². The molecule has 1 N–H and O–H groups in total. The third kappa shape index (κ3) is 4.11. The number of carbonyl (C=O) groups is 1. The second-order valence-electron chi connectivity index (χ2n) is 6.19. The van der Waals surface area contributed by atoms with Gasteiger partial charge in [-0.25, -0.2) is 4.39 Å². The highest BCUT2D eigenvalue weighted by atomic mass is 19.1. The number of anilines is 1. The van der Waals surface area contributed by atoms with Gasteiger partial charge in [0.05, 0.1) is 14.2 Å². The third-order valence-corrected chi connectivity index (χ3v) is 4.67. The number of nitrogens with zero attached hydrogens (tertiary/aromatic N) is 3. The van der Waals surface area contributed by atoms with Crippen molar-refractivity contribution in [3.63, 3.8) is 0 Å². The number of carboxylic acid groups (broad SMARTS) is 1. The number of aromatic nitrogens is 1. The fourth-order valence-electron chi connectivity index (χ4n) is 3.30. The minimum atomic E-state index is -0.963. The molecule has 2 heterocycles. The van der Waals surface area contributed by atoms with Crippen molar-refractivity contribution in [2.24, 2.45) is 0 Å². The maximum Gasteiger partial charge on any atom is 0.325 e. The second kappa shape index (κ2) is 8.22. The van der Waals surface area contributed by atoms with Crippen molar-refractivity contribution in [3.8, 4) is 11.8 Å². The van der Waals surface area contributed by atoms with E-state index in [1.54, 1.807) is 24.3 Å². The average molecular weight is 375 g/mol. The number of hydrogen-bond acceptors (Lipinski definition) is 6. The van der Waals surface area contributed by atoms with Crippen molar-refractivity contribution in [2.45, 2.75) is 6.04 Å². The van der Waals surface area contributed by atoms with Crippen LogP contribution in [0.2, 0.25) is 0 Å². The normalized spacial score (nSPS) is 16.0. The van der Waals surface area contributed by atoms with Gasteiger partial charge in [-0.2, -0.15) is 4.98 Å². The first-order valence-electron chi connectivity index (χ1n) is 8.59. The molecule has 1 saturated heterocycles. The molecule has 3 rings (SSSR count). The lowest BCUT2D eigenvalue weighted by Gasteiger charge is -2.39. The lowest BCUT2D eigenvalue weighted by molar-refractivity contribution is -0.143. The second-order valence-corrected chi connectivity index (χ2v) is 6.19. The summed E-state index contributed by atoms with van der Waals surface area (Å²) in [6.07, 6.45) is 0. The lowest BCUT2D eigenvalue weighted by Crippen LogP contribution is -2.49. The van der Waals surface area contributed by atoms with Crippen LogP contribution < -0.4 is 14.4 Å². The Morgan fingerprint density at radius 1 is 1.07 bits per heavy atom. The first kappa shape index (κ1) is 18.9. The van der Waals surface area contributed by atoms with Crippen LogP contribution in [0, 0.1) is 5.82 Å². The summed E-state index contributed by atoms with van der Waals surface area (Å²) < 4.78 is 23.5. The van der Waals surface area contributed by atoms with Crippen molar-refractivity contribution >= 4 is 11.7 Å². The number of pyridine rings is 1. The molecule has 0 unspecified atom stereocenters. The zero-order valence-corrected chi connectivity index (χ0v) is 15.3. The van der Waals surface area contributed by atoms with Crippen molar-refractivity contribution in [1.29, 1.82) is 0 Å². The summed E-state index contributed by atoms with van der Waals surface area (Å²) in [7, 11) is 2.95. The van der Waals surface area contributed by atoms with Crippen LogP contribution in [0.4, 0.5) is 10.1 Å². The van der Waals surface area contributed by atoms with E-state index in [2.05, 4.69) is 9.88 Å². The molecule has 1 aliphatic heterocycles. The predicted octanol–water partition coefficient (Wildman–Crippen LogP) is 2.19. The number of hydrogen-bond donors (Lipinski definition) is 1. The molecule has 0 spiro atoms. The summed E-state index contributed by atoms with van der Waals surface area (Å²) in [5.74, 6) is -0.637. The Balaban J connectivity index is 1.77. The number of methoxy groups -OCH3 is 2. The van der Waals surface area contributed by atoms with Crippen LogP contribution >= 0.6 is 0 Å². The highest BCUT2D eigenvalue weighted by Crippen LogP contribution is 2.31. The van der Waals surface area contributed by atoms with Gasteiger partial charge in [0.15, 0.2) is 0 Å². The molecule has 0 radical (unpaired) electrons. The number of piperazine rings is 1. The molecule has 0 aliphatic carbocycles. The summed E-state index contributed by atoms with van der Waals surface area (Å²) in [6, 6.07) is 8.75. The number of carboxylic acids is 1. The molecular formula is C19H22FN3O4. The van der Waals surface area contributed by atoms with Crippen molar-refractivity contribution in [3.05, 3.63) is 47.8 Å². The predicted molar refractivity (Wildman–Crippen MR) is 97.9 cm³/mol. The first-order chi connectivity index (χ1) is 13.0. The van der Waals surface area contributed by atoms with Gasteiger partial charge in [-0.05, 0) is 30.3 Å². The van der Waals surface area contributed by atoms with Gasteiger partial charge in [-0.3, -0.25) is 9.69 Å². The summed E-state index contributed by atoms with van der Waals surface area (Å²) in [5.41, 5.74) is 1.41. The van der Waals surface area contributed by atoms with Crippen LogP contribution in [0.5, 0.6) is 11.8 Å². The van der Waals surface area contributed by atoms with E-state index in [9.17, 15) is 14.3 Å². The van der Waals surface area contributed by atoms with E-state index in [0.29, 0.717) is 37.6 Å². The SMILES string of the molecule is COc1ccc([C@@H](C(=O)O)N2CCN(c3ccc(F)cc3)CC2)c(OC)n1. The Morgan fingerprint density at radius 2 is 1.74 bits per heavy atom. The van der Waals surface area contributed by atoms with Crippen LogP contribution in [-0.4, -0.2) is 61.4 Å². The number of aliphatic carboxylic acids is 1. The molecule has 1 atom stereocenters. The van der Waals surface area contributed by atoms with Crippen LogP contribution in [0.1, 0.15) is 11.6 Å². The first-order valence-corrected chi connectivity index (χ1v) is 8.59. The Kier molecular flexibility index (Phi) is 5.75. The molecule has 144 valence electrons. The molecule has 1 fully saturated rings. The minimum absolute atomic E-state index is 0.239. The average Bonchev–Trinajstić information content (AvgIpc) is 2.69. The van der Waals surface area contributed by atoms with Crippen molar-refractivity contribution in [2.75, 3.05) is 45.3 Å². The minimum Gasteiger partial charge on any atom is -0.481 e. The van der Waals surface area contributed by atoms with Gasteiger partial charge in [-0.15, -0.1) is 0 Å². The molecule has 7 nitrogen and oxygen atoms in total. The maximum absolute atomic E-state index is 13.1. The fraction of sp³-hybridized carbons (Fsp3) is 0.368. The van der Waals surface area contributed by atoms with E-state index in [4.69, 9.17) is 9.47 Å². The van der Waals surface area contributed by atoms with Gasteiger partial charge >= 0.3 is 5.97 Å². The Morgan fingerprint density at radius 3 is 2.30 bits per heavy atom. The fourth-order valence-corrected chi connectivity index (χ4v) is 3.30. The van der Waals surface area contributed by atoms with E-state index in [-0.39, 0.29) is 11.7 Å². The Hall–Kier alpha value is -2.87. The quantitative estimate of drug-likeness (QED) is 0.829. The lowest BCUT2D eigenvalue weighted by atomic mass is 10.1. The van der Waals surface area contributed by atoms with E-state index in [0.717, 1.165) is 5.69 Å². The molecule has 1 aliphatic rings. The number of rotatable bonds is 6. The highest BCUT2D eigenvalue weighted by Gasteiger charge is 2.33. The van der Waals surface area contributed by atoms with Gasteiger partial charge < -0.3 is 19.5 Å². The molecule has 27 heavy (non-hydrogen) atoms. The van der Waals surface area contributed by atoms with Crippen LogP contribution in [0.3, 0.4) is 0 Å². The molecule has 0 bridgehead atoms. The topological polar surface area (TPSA) is 75.1 Å². The smallest absolute Gasteiger partial charge is 0.325 e. The van der Waals surface area contributed by atoms with Crippen molar-refractivity contribution in [1.82, 2.24) is 9.88 Å². The number of benzene rings is 1. The van der Waals surface area contributed by atoms with Gasteiger partial charge in [0, 0.05) is 43.5 Å². The molecule has 2 aromatic rings. The number of ether oxygens (including phenoxy) is 2. The summed E-state index contributed by atoms with van der Waals surface area (Å²) in [5, 5.41) is 9.83. The van der Waals surface area contributed by atoms with Crippen LogP contribution in [-0.2, 0) is 4.79 Å². The molecule has 0 amide bonds. The molecule has 8 heteroatoms.